The molecule has 5 nitrogen and oxygen atoms in total. The van der Waals surface area contributed by atoms with E-state index >= 15 is 0 Å². The molecule has 0 saturated carbocycles. The molecule has 0 fully saturated rings. The third kappa shape index (κ3) is 5.07. The average Bonchev–Trinajstić information content (AvgIpc) is 2.54. The largest absolute Gasteiger partial charge is 0.460 e. The summed E-state index contributed by atoms with van der Waals surface area (Å²) in [5.74, 6) is -0.715. The molecule has 0 radical (unpaired) electrons. The number of hydrogen-bond acceptors (Lipinski definition) is 4. The number of carbonyl (C=O) groups is 2. The normalized spacial score (nSPS) is 10.9. The van der Waals surface area contributed by atoms with Crippen LogP contribution in [0.1, 0.15) is 34.6 Å². The first-order valence-corrected chi connectivity index (χ1v) is 7.40. The van der Waals surface area contributed by atoms with Gasteiger partial charge in [-0.15, -0.1) is 0 Å². The number of aromatic nitrogens is 1. The van der Waals surface area contributed by atoms with Gasteiger partial charge in [0, 0.05) is 23.0 Å². The lowest BCUT2D eigenvalue weighted by atomic mass is 10.1. The summed E-state index contributed by atoms with van der Waals surface area (Å²) < 4.78 is 5.26. The monoisotopic (exact) mass is 332 g/mol. The fraction of sp³-hybridized carbons (Fsp3) is 0.235. The van der Waals surface area contributed by atoms with E-state index in [2.05, 4.69) is 10.3 Å². The minimum Gasteiger partial charge on any atom is -0.460 e. The molecule has 2 aromatic rings. The first-order chi connectivity index (χ1) is 10.9. The second kappa shape index (κ2) is 7.24. The van der Waals surface area contributed by atoms with E-state index in [0.29, 0.717) is 16.1 Å². The molecule has 120 valence electrons. The number of halogens is 1. The molecular formula is C17H17ClN2O3. The summed E-state index contributed by atoms with van der Waals surface area (Å²) in [6, 6.07) is 9.65. The molecule has 0 saturated heterocycles. The number of esters is 1. The highest BCUT2D eigenvalue weighted by Crippen LogP contribution is 2.12. The van der Waals surface area contributed by atoms with Crippen LogP contribution in [0.4, 0.5) is 0 Å². The molecule has 1 aromatic heterocycles. The second-order valence-corrected chi connectivity index (χ2v) is 6.09. The zero-order valence-electron chi connectivity index (χ0n) is 12.9. The molecule has 1 heterocycles. The summed E-state index contributed by atoms with van der Waals surface area (Å²) in [6.07, 6.45) is 3.09. The van der Waals surface area contributed by atoms with E-state index < -0.39 is 11.5 Å². The van der Waals surface area contributed by atoms with Crippen molar-refractivity contribution in [1.82, 2.24) is 10.3 Å². The van der Waals surface area contributed by atoms with Crippen molar-refractivity contribution < 1.29 is 14.3 Å². The summed E-state index contributed by atoms with van der Waals surface area (Å²) in [7, 11) is 0. The average molecular weight is 333 g/mol. The number of nitrogens with one attached hydrogen (secondary N) is 1. The molecule has 6 heteroatoms. The number of pyridine rings is 1. The molecule has 0 aliphatic carbocycles. The van der Waals surface area contributed by atoms with E-state index in [1.807, 2.05) is 0 Å². The summed E-state index contributed by atoms with van der Waals surface area (Å²) in [5.41, 5.74) is 0.199. The molecule has 1 aromatic carbocycles. The van der Waals surface area contributed by atoms with E-state index in [0.717, 1.165) is 0 Å². The smallest absolute Gasteiger partial charge is 0.338 e. The van der Waals surface area contributed by atoms with E-state index in [9.17, 15) is 9.59 Å². The van der Waals surface area contributed by atoms with Gasteiger partial charge in [-0.2, -0.15) is 0 Å². The maximum absolute atomic E-state index is 12.1. The zero-order chi connectivity index (χ0) is 16.9. The van der Waals surface area contributed by atoms with Crippen LogP contribution in [0.25, 0.3) is 0 Å². The lowest BCUT2D eigenvalue weighted by molar-refractivity contribution is 0.0390. The fourth-order valence-electron chi connectivity index (χ4n) is 1.83. The molecule has 23 heavy (non-hydrogen) atoms. The molecule has 0 atom stereocenters. The Kier molecular flexibility index (Phi) is 5.34. The molecule has 0 aliphatic rings. The molecular weight excluding hydrogens is 316 g/mol. The third-order valence-corrected chi connectivity index (χ3v) is 3.29. The van der Waals surface area contributed by atoms with Crippen LogP contribution >= 0.6 is 11.6 Å². The standard InChI is InChI=1S/C17H17ClN2O3/c1-17(2,20-15(21)12-7-9-19-10-8-12)11-23-16(22)13-3-5-14(18)6-4-13/h3-10H,11H2,1-2H3,(H,20,21). The van der Waals surface area contributed by atoms with E-state index in [4.69, 9.17) is 16.3 Å². The Balaban J connectivity index is 1.92. The Morgan fingerprint density at radius 1 is 1.09 bits per heavy atom. The maximum atomic E-state index is 12.1. The van der Waals surface area contributed by atoms with Crippen molar-refractivity contribution in [2.75, 3.05) is 6.61 Å². The van der Waals surface area contributed by atoms with Crippen molar-refractivity contribution in [3.05, 3.63) is 64.9 Å². The summed E-state index contributed by atoms with van der Waals surface area (Å²) >= 11 is 5.78. The highest BCUT2D eigenvalue weighted by atomic mass is 35.5. The lowest BCUT2D eigenvalue weighted by Crippen LogP contribution is -2.47. The van der Waals surface area contributed by atoms with Gasteiger partial charge in [0.05, 0.1) is 11.1 Å². The molecule has 0 spiro atoms. The molecule has 2 rings (SSSR count). The number of benzene rings is 1. The maximum Gasteiger partial charge on any atom is 0.338 e. The van der Waals surface area contributed by atoms with Crippen molar-refractivity contribution in [2.45, 2.75) is 19.4 Å². The number of carbonyl (C=O) groups excluding carboxylic acids is 2. The first kappa shape index (κ1) is 17.0. The number of ether oxygens (including phenoxy) is 1. The van der Waals surface area contributed by atoms with E-state index in [1.165, 1.54) is 0 Å². The van der Waals surface area contributed by atoms with Crippen LogP contribution in [0, 0.1) is 0 Å². The van der Waals surface area contributed by atoms with Crippen molar-refractivity contribution in [3.63, 3.8) is 0 Å². The number of nitrogens with zero attached hydrogens (tertiary/aromatic N) is 1. The third-order valence-electron chi connectivity index (χ3n) is 3.04. The quantitative estimate of drug-likeness (QED) is 0.854. The van der Waals surface area contributed by atoms with Gasteiger partial charge < -0.3 is 10.1 Å². The van der Waals surface area contributed by atoms with E-state index in [1.54, 1.807) is 62.6 Å². The van der Waals surface area contributed by atoms with Gasteiger partial charge in [-0.1, -0.05) is 11.6 Å². The van der Waals surface area contributed by atoms with Crippen molar-refractivity contribution >= 4 is 23.5 Å². The summed E-state index contributed by atoms with van der Waals surface area (Å²) in [6.45, 7) is 3.60. The van der Waals surface area contributed by atoms with Gasteiger partial charge in [-0.05, 0) is 50.2 Å². The van der Waals surface area contributed by atoms with Crippen LogP contribution in [0.5, 0.6) is 0 Å². The van der Waals surface area contributed by atoms with Crippen molar-refractivity contribution in [2.24, 2.45) is 0 Å². The van der Waals surface area contributed by atoms with Gasteiger partial charge in [0.25, 0.3) is 5.91 Å². The minimum atomic E-state index is -0.706. The van der Waals surface area contributed by atoms with Crippen LogP contribution in [0.15, 0.2) is 48.8 Å². The Morgan fingerprint density at radius 2 is 1.70 bits per heavy atom. The van der Waals surface area contributed by atoms with Gasteiger partial charge in [-0.3, -0.25) is 9.78 Å². The Labute approximate surface area is 139 Å². The predicted molar refractivity (Wildman–Crippen MR) is 87.5 cm³/mol. The molecule has 1 N–H and O–H groups in total. The molecule has 0 bridgehead atoms. The topological polar surface area (TPSA) is 68.3 Å². The fourth-order valence-corrected chi connectivity index (χ4v) is 1.96. The van der Waals surface area contributed by atoms with Gasteiger partial charge in [0.15, 0.2) is 0 Å². The molecule has 1 amide bonds. The number of hydrogen-bond donors (Lipinski definition) is 1. The van der Waals surface area contributed by atoms with Crippen molar-refractivity contribution in [1.29, 1.82) is 0 Å². The van der Waals surface area contributed by atoms with Gasteiger partial charge in [0.2, 0.25) is 0 Å². The van der Waals surface area contributed by atoms with Crippen LogP contribution in [-0.2, 0) is 4.74 Å². The Morgan fingerprint density at radius 3 is 2.30 bits per heavy atom. The molecule has 0 unspecified atom stereocenters. The number of amides is 1. The van der Waals surface area contributed by atoms with Crippen molar-refractivity contribution in [3.8, 4) is 0 Å². The molecule has 0 aliphatic heterocycles. The highest BCUT2D eigenvalue weighted by Gasteiger charge is 2.23. The van der Waals surface area contributed by atoms with Crippen LogP contribution < -0.4 is 5.32 Å². The van der Waals surface area contributed by atoms with Crippen LogP contribution in [0.2, 0.25) is 5.02 Å². The second-order valence-electron chi connectivity index (χ2n) is 5.66. The van der Waals surface area contributed by atoms with Crippen LogP contribution in [0.3, 0.4) is 0 Å². The summed E-state index contributed by atoms with van der Waals surface area (Å²) in [5, 5.41) is 3.37. The predicted octanol–water partition coefficient (Wildman–Crippen LogP) is 3.10. The van der Waals surface area contributed by atoms with Gasteiger partial charge >= 0.3 is 5.97 Å². The van der Waals surface area contributed by atoms with Gasteiger partial charge in [0.1, 0.15) is 6.61 Å². The number of rotatable bonds is 5. The minimum absolute atomic E-state index is 0.0469. The summed E-state index contributed by atoms with van der Waals surface area (Å²) in [4.78, 5) is 28.0. The Bertz CT molecular complexity index is 685. The first-order valence-electron chi connectivity index (χ1n) is 7.03. The van der Waals surface area contributed by atoms with Gasteiger partial charge in [-0.25, -0.2) is 4.79 Å². The lowest BCUT2D eigenvalue weighted by Gasteiger charge is -2.25. The Hall–Kier alpha value is -2.40. The zero-order valence-corrected chi connectivity index (χ0v) is 13.6. The van der Waals surface area contributed by atoms with E-state index in [-0.39, 0.29) is 12.5 Å². The van der Waals surface area contributed by atoms with Crippen LogP contribution in [-0.4, -0.2) is 29.0 Å². The SMILES string of the molecule is CC(C)(COC(=O)c1ccc(Cl)cc1)NC(=O)c1ccncc1. The highest BCUT2D eigenvalue weighted by molar-refractivity contribution is 6.30.